The molecule has 1 unspecified atom stereocenters. The number of nitrogens with one attached hydrogen (secondary N) is 2. The fraction of sp³-hybridized carbons (Fsp3) is 0.300. The Hall–Kier alpha value is -2.64. The van der Waals surface area contributed by atoms with Crippen LogP contribution in [0.4, 0.5) is 5.69 Å². The Morgan fingerprint density at radius 2 is 2.11 bits per heavy atom. The highest BCUT2D eigenvalue weighted by Gasteiger charge is 2.34. The molecule has 2 N–H and O–H groups in total. The standard InChI is InChI=1S/C20H19N3O3S/c24-19(21-13-7-8-16-17(10-13)26-12-25-16)11-23-9-3-5-15(23)20-22-14-4-1-2-6-18(14)27-20/h1-2,4,6-8,10,15H,3,5,9,11-12H2,(H,21,24)/p+1/t15-/m0/s1. The fourth-order valence-corrected chi connectivity index (χ4v) is 5.01. The van der Waals surface area contributed by atoms with Crippen LogP contribution in [0.5, 0.6) is 11.5 Å². The highest BCUT2D eigenvalue weighted by Crippen LogP contribution is 2.34. The van der Waals surface area contributed by atoms with Gasteiger partial charge >= 0.3 is 0 Å². The van der Waals surface area contributed by atoms with Crippen molar-refractivity contribution in [3.63, 3.8) is 0 Å². The molecule has 2 aromatic carbocycles. The lowest BCUT2D eigenvalue weighted by Crippen LogP contribution is -3.11. The number of para-hydroxylation sites is 1. The number of hydrogen-bond donors (Lipinski definition) is 2. The van der Waals surface area contributed by atoms with Crippen LogP contribution in [-0.2, 0) is 4.79 Å². The number of amides is 1. The van der Waals surface area contributed by atoms with E-state index in [9.17, 15) is 4.79 Å². The van der Waals surface area contributed by atoms with Gasteiger partial charge in [0.25, 0.3) is 5.91 Å². The highest BCUT2D eigenvalue weighted by atomic mass is 32.1. The van der Waals surface area contributed by atoms with Crippen molar-refractivity contribution in [3.05, 3.63) is 47.5 Å². The van der Waals surface area contributed by atoms with Gasteiger partial charge in [-0.15, -0.1) is 11.3 Å². The molecule has 2 atom stereocenters. The molecular weight excluding hydrogens is 362 g/mol. The van der Waals surface area contributed by atoms with Crippen LogP contribution in [0.3, 0.4) is 0 Å². The van der Waals surface area contributed by atoms with E-state index in [0.717, 1.165) is 35.6 Å². The van der Waals surface area contributed by atoms with E-state index in [4.69, 9.17) is 14.5 Å². The van der Waals surface area contributed by atoms with Gasteiger partial charge in [0.05, 0.1) is 16.8 Å². The van der Waals surface area contributed by atoms with Gasteiger partial charge in [0.2, 0.25) is 6.79 Å². The van der Waals surface area contributed by atoms with Gasteiger partial charge in [-0.25, -0.2) is 4.98 Å². The third kappa shape index (κ3) is 3.24. The van der Waals surface area contributed by atoms with Crippen molar-refractivity contribution in [1.29, 1.82) is 0 Å². The Kier molecular flexibility index (Phi) is 4.18. The van der Waals surface area contributed by atoms with Gasteiger partial charge in [-0.2, -0.15) is 0 Å². The third-order valence-electron chi connectivity index (χ3n) is 5.14. The van der Waals surface area contributed by atoms with E-state index in [2.05, 4.69) is 17.4 Å². The Morgan fingerprint density at radius 3 is 3.04 bits per heavy atom. The molecule has 138 valence electrons. The van der Waals surface area contributed by atoms with Gasteiger partial charge in [-0.05, 0) is 24.3 Å². The van der Waals surface area contributed by atoms with Crippen LogP contribution in [-0.4, -0.2) is 30.8 Å². The molecule has 1 fully saturated rings. The lowest BCUT2D eigenvalue weighted by atomic mass is 10.2. The lowest BCUT2D eigenvalue weighted by molar-refractivity contribution is -0.910. The van der Waals surface area contributed by atoms with Crippen molar-refractivity contribution < 1.29 is 19.2 Å². The van der Waals surface area contributed by atoms with E-state index < -0.39 is 0 Å². The Bertz CT molecular complexity index is 970. The van der Waals surface area contributed by atoms with E-state index in [0.29, 0.717) is 24.1 Å². The van der Waals surface area contributed by atoms with E-state index >= 15 is 0 Å². The number of thiazole rings is 1. The number of anilines is 1. The van der Waals surface area contributed by atoms with E-state index in [1.807, 2.05) is 30.3 Å². The normalized spacial score (nSPS) is 20.9. The van der Waals surface area contributed by atoms with Gasteiger partial charge in [0.15, 0.2) is 23.1 Å². The van der Waals surface area contributed by atoms with Gasteiger partial charge in [-0.3, -0.25) is 4.79 Å². The predicted molar refractivity (Wildman–Crippen MR) is 103 cm³/mol. The van der Waals surface area contributed by atoms with Crippen molar-refractivity contribution in [1.82, 2.24) is 4.98 Å². The fourth-order valence-electron chi connectivity index (χ4n) is 3.85. The number of carbonyl (C=O) groups is 1. The maximum absolute atomic E-state index is 12.6. The Labute approximate surface area is 160 Å². The second-order valence-electron chi connectivity index (χ2n) is 6.92. The summed E-state index contributed by atoms with van der Waals surface area (Å²) in [6.45, 7) is 1.67. The molecular formula is C20H20N3O3S+. The number of likely N-dealkylation sites (tertiary alicyclic amines) is 1. The number of benzene rings is 2. The Morgan fingerprint density at radius 1 is 1.22 bits per heavy atom. The number of rotatable bonds is 4. The van der Waals surface area contributed by atoms with Crippen LogP contribution in [0.25, 0.3) is 10.2 Å². The second kappa shape index (κ2) is 6.83. The number of ether oxygens (including phenoxy) is 2. The minimum Gasteiger partial charge on any atom is -0.454 e. The topological polar surface area (TPSA) is 64.9 Å². The Balaban J connectivity index is 1.28. The van der Waals surface area contributed by atoms with Gasteiger partial charge in [-0.1, -0.05) is 12.1 Å². The number of quaternary nitrogens is 1. The number of fused-ring (bicyclic) bond motifs is 2. The molecule has 27 heavy (non-hydrogen) atoms. The summed E-state index contributed by atoms with van der Waals surface area (Å²) in [6, 6.07) is 14.0. The summed E-state index contributed by atoms with van der Waals surface area (Å²) in [7, 11) is 0. The van der Waals surface area contributed by atoms with Crippen molar-refractivity contribution in [2.45, 2.75) is 18.9 Å². The van der Waals surface area contributed by atoms with Gasteiger partial charge < -0.3 is 19.7 Å². The van der Waals surface area contributed by atoms with Crippen molar-refractivity contribution in [3.8, 4) is 11.5 Å². The van der Waals surface area contributed by atoms with Crippen LogP contribution in [0.15, 0.2) is 42.5 Å². The molecule has 3 heterocycles. The summed E-state index contributed by atoms with van der Waals surface area (Å²) in [5, 5.41) is 4.12. The first-order valence-corrected chi connectivity index (χ1v) is 9.97. The average molecular weight is 382 g/mol. The summed E-state index contributed by atoms with van der Waals surface area (Å²) in [5.41, 5.74) is 1.79. The zero-order valence-electron chi connectivity index (χ0n) is 14.7. The molecule has 1 amide bonds. The highest BCUT2D eigenvalue weighted by molar-refractivity contribution is 7.18. The van der Waals surface area contributed by atoms with E-state index in [1.165, 1.54) is 9.60 Å². The molecule has 5 rings (SSSR count). The maximum atomic E-state index is 12.6. The molecule has 3 aromatic rings. The van der Waals surface area contributed by atoms with Crippen molar-refractivity contribution >= 4 is 33.1 Å². The lowest BCUT2D eigenvalue weighted by Gasteiger charge is -2.19. The SMILES string of the molecule is O=C(C[NH+]1CCC[C@H]1c1nc2ccccc2s1)Nc1ccc2c(c1)OCO2. The largest absolute Gasteiger partial charge is 0.454 e. The summed E-state index contributed by atoms with van der Waals surface area (Å²) < 4.78 is 11.9. The van der Waals surface area contributed by atoms with Crippen LogP contribution >= 0.6 is 11.3 Å². The number of hydrogen-bond acceptors (Lipinski definition) is 5. The smallest absolute Gasteiger partial charge is 0.279 e. The zero-order chi connectivity index (χ0) is 18.2. The molecule has 6 nitrogen and oxygen atoms in total. The molecule has 7 heteroatoms. The number of aromatic nitrogens is 1. The quantitative estimate of drug-likeness (QED) is 0.727. The summed E-state index contributed by atoms with van der Waals surface area (Å²) in [4.78, 5) is 18.7. The number of nitrogens with zero attached hydrogens (tertiary/aromatic N) is 1. The molecule has 0 radical (unpaired) electrons. The summed E-state index contributed by atoms with van der Waals surface area (Å²) >= 11 is 1.75. The molecule has 1 saturated heterocycles. The molecule has 1 aromatic heterocycles. The molecule has 0 bridgehead atoms. The summed E-state index contributed by atoms with van der Waals surface area (Å²) in [5.74, 6) is 1.40. The minimum atomic E-state index is 0.0110. The van der Waals surface area contributed by atoms with Crippen LogP contribution in [0.2, 0.25) is 0 Å². The van der Waals surface area contributed by atoms with Crippen LogP contribution < -0.4 is 19.7 Å². The minimum absolute atomic E-state index is 0.0110. The van der Waals surface area contributed by atoms with E-state index in [1.54, 1.807) is 11.3 Å². The second-order valence-corrected chi connectivity index (χ2v) is 7.98. The first-order chi connectivity index (χ1) is 13.3. The average Bonchev–Trinajstić information content (AvgIpc) is 3.39. The van der Waals surface area contributed by atoms with E-state index in [-0.39, 0.29) is 12.7 Å². The first-order valence-electron chi connectivity index (χ1n) is 9.16. The first kappa shape index (κ1) is 16.5. The molecule has 0 saturated carbocycles. The molecule has 0 spiro atoms. The third-order valence-corrected chi connectivity index (χ3v) is 6.29. The molecule has 2 aliphatic heterocycles. The molecule has 0 aliphatic carbocycles. The van der Waals surface area contributed by atoms with Gasteiger partial charge in [0.1, 0.15) is 6.04 Å². The maximum Gasteiger partial charge on any atom is 0.279 e. The predicted octanol–water partition coefficient (Wildman–Crippen LogP) is 2.38. The molecule has 2 aliphatic rings. The summed E-state index contributed by atoms with van der Waals surface area (Å²) in [6.07, 6.45) is 2.19. The van der Waals surface area contributed by atoms with Crippen molar-refractivity contribution in [2.75, 3.05) is 25.2 Å². The van der Waals surface area contributed by atoms with Crippen molar-refractivity contribution in [2.24, 2.45) is 0 Å². The van der Waals surface area contributed by atoms with Gasteiger partial charge in [0, 0.05) is 24.6 Å². The monoisotopic (exact) mass is 382 g/mol. The zero-order valence-corrected chi connectivity index (χ0v) is 15.6. The van der Waals surface area contributed by atoms with Crippen LogP contribution in [0.1, 0.15) is 23.9 Å². The number of carbonyl (C=O) groups excluding carboxylic acids is 1. The van der Waals surface area contributed by atoms with Crippen LogP contribution in [0, 0.1) is 0 Å².